The molecule has 0 saturated heterocycles. The minimum atomic E-state index is 0.599. The fourth-order valence-corrected chi connectivity index (χ4v) is 3.43. The summed E-state index contributed by atoms with van der Waals surface area (Å²) in [7, 11) is 0. The summed E-state index contributed by atoms with van der Waals surface area (Å²) in [6, 6.07) is 11.2. The Morgan fingerprint density at radius 1 is 1.10 bits per heavy atom. The molecule has 0 radical (unpaired) electrons. The van der Waals surface area contributed by atoms with E-state index in [0.717, 1.165) is 11.7 Å². The summed E-state index contributed by atoms with van der Waals surface area (Å²) in [5.41, 5.74) is 0. The molecule has 2 nitrogen and oxygen atoms in total. The zero-order chi connectivity index (χ0) is 13.8. The molecule has 1 heterocycles. The van der Waals surface area contributed by atoms with Crippen LogP contribution in [0.2, 0.25) is 0 Å². The van der Waals surface area contributed by atoms with E-state index in [-0.39, 0.29) is 0 Å². The first-order valence-electron chi connectivity index (χ1n) is 7.97. The minimum absolute atomic E-state index is 0.599. The van der Waals surface area contributed by atoms with Crippen molar-refractivity contribution in [1.29, 1.82) is 0 Å². The summed E-state index contributed by atoms with van der Waals surface area (Å²) in [6.45, 7) is 2.30. The van der Waals surface area contributed by atoms with Crippen LogP contribution in [0, 0.1) is 5.92 Å². The Kier molecular flexibility index (Phi) is 4.19. The Morgan fingerprint density at radius 2 is 1.90 bits per heavy atom. The zero-order valence-electron chi connectivity index (χ0n) is 12.3. The summed E-state index contributed by atoms with van der Waals surface area (Å²) >= 11 is 0. The first kappa shape index (κ1) is 13.4. The normalized spacial score (nSPS) is 22.9. The van der Waals surface area contributed by atoms with Crippen molar-refractivity contribution in [2.24, 2.45) is 5.92 Å². The average molecular weight is 268 g/mol. The van der Waals surface area contributed by atoms with Crippen molar-refractivity contribution < 1.29 is 0 Å². The Labute approximate surface area is 121 Å². The van der Waals surface area contributed by atoms with E-state index in [1.54, 1.807) is 0 Å². The van der Waals surface area contributed by atoms with Crippen LogP contribution in [0.25, 0.3) is 10.8 Å². The molecule has 0 amide bonds. The number of aromatic nitrogens is 1. The van der Waals surface area contributed by atoms with Crippen molar-refractivity contribution >= 4 is 16.6 Å². The maximum absolute atomic E-state index is 4.55. The van der Waals surface area contributed by atoms with Gasteiger partial charge in [0, 0.05) is 17.6 Å². The SMILES string of the molecule is CCCC1CCC(Nc2nccc3ccccc23)CC1. The molecule has 1 fully saturated rings. The number of benzene rings is 1. The number of pyridine rings is 1. The quantitative estimate of drug-likeness (QED) is 0.843. The van der Waals surface area contributed by atoms with E-state index in [1.165, 1.54) is 49.3 Å². The summed E-state index contributed by atoms with van der Waals surface area (Å²) in [4.78, 5) is 4.55. The maximum Gasteiger partial charge on any atom is 0.134 e. The lowest BCUT2D eigenvalue weighted by Crippen LogP contribution is -2.26. The number of nitrogens with one attached hydrogen (secondary N) is 1. The van der Waals surface area contributed by atoms with Crippen molar-refractivity contribution in [1.82, 2.24) is 4.98 Å². The van der Waals surface area contributed by atoms with E-state index in [2.05, 4.69) is 47.6 Å². The number of fused-ring (bicyclic) bond motifs is 1. The molecule has 1 aliphatic rings. The molecule has 1 N–H and O–H groups in total. The highest BCUT2D eigenvalue weighted by atomic mass is 15.0. The fourth-order valence-electron chi connectivity index (χ4n) is 3.43. The second-order valence-corrected chi connectivity index (χ2v) is 6.03. The van der Waals surface area contributed by atoms with Gasteiger partial charge >= 0.3 is 0 Å². The molecule has 20 heavy (non-hydrogen) atoms. The third-order valence-electron chi connectivity index (χ3n) is 4.56. The third kappa shape index (κ3) is 2.95. The number of hydrogen-bond acceptors (Lipinski definition) is 2. The van der Waals surface area contributed by atoms with Gasteiger partial charge in [0.25, 0.3) is 0 Å². The Bertz CT molecular complexity index is 551. The Hall–Kier alpha value is -1.57. The molecular formula is C18H24N2. The molecule has 0 aliphatic heterocycles. The molecule has 0 spiro atoms. The van der Waals surface area contributed by atoms with Crippen LogP contribution in [0.3, 0.4) is 0 Å². The lowest BCUT2D eigenvalue weighted by atomic mass is 9.83. The van der Waals surface area contributed by atoms with Gasteiger partial charge in [-0.05, 0) is 43.1 Å². The van der Waals surface area contributed by atoms with Crippen molar-refractivity contribution in [2.75, 3.05) is 5.32 Å². The first-order valence-corrected chi connectivity index (χ1v) is 7.97. The monoisotopic (exact) mass is 268 g/mol. The summed E-state index contributed by atoms with van der Waals surface area (Å²) in [5, 5.41) is 6.18. The van der Waals surface area contributed by atoms with Gasteiger partial charge in [0.2, 0.25) is 0 Å². The van der Waals surface area contributed by atoms with Crippen LogP contribution in [0.5, 0.6) is 0 Å². The smallest absolute Gasteiger partial charge is 0.134 e. The van der Waals surface area contributed by atoms with Gasteiger partial charge in [0.1, 0.15) is 5.82 Å². The van der Waals surface area contributed by atoms with Gasteiger partial charge < -0.3 is 5.32 Å². The summed E-state index contributed by atoms with van der Waals surface area (Å²) in [5.74, 6) is 2.01. The molecule has 2 aromatic rings. The van der Waals surface area contributed by atoms with Crippen LogP contribution in [0.15, 0.2) is 36.5 Å². The predicted molar refractivity (Wildman–Crippen MR) is 86.0 cm³/mol. The lowest BCUT2D eigenvalue weighted by molar-refractivity contribution is 0.318. The minimum Gasteiger partial charge on any atom is -0.367 e. The topological polar surface area (TPSA) is 24.9 Å². The lowest BCUT2D eigenvalue weighted by Gasteiger charge is -2.29. The second kappa shape index (κ2) is 6.25. The van der Waals surface area contributed by atoms with E-state index in [4.69, 9.17) is 0 Å². The molecule has 106 valence electrons. The van der Waals surface area contributed by atoms with Gasteiger partial charge in [-0.3, -0.25) is 0 Å². The maximum atomic E-state index is 4.55. The first-order chi connectivity index (χ1) is 9.86. The van der Waals surface area contributed by atoms with E-state index < -0.39 is 0 Å². The Morgan fingerprint density at radius 3 is 2.70 bits per heavy atom. The van der Waals surface area contributed by atoms with Gasteiger partial charge in [-0.15, -0.1) is 0 Å². The third-order valence-corrected chi connectivity index (χ3v) is 4.56. The van der Waals surface area contributed by atoms with Crippen LogP contribution in [-0.2, 0) is 0 Å². The van der Waals surface area contributed by atoms with Crippen molar-refractivity contribution in [3.8, 4) is 0 Å². The number of nitrogens with zero attached hydrogens (tertiary/aromatic N) is 1. The van der Waals surface area contributed by atoms with Crippen LogP contribution >= 0.6 is 0 Å². The molecule has 0 atom stereocenters. The zero-order valence-corrected chi connectivity index (χ0v) is 12.3. The predicted octanol–water partition coefficient (Wildman–Crippen LogP) is 5.01. The Balaban J connectivity index is 1.68. The number of hydrogen-bond donors (Lipinski definition) is 1. The molecule has 0 bridgehead atoms. The molecule has 1 aliphatic carbocycles. The van der Waals surface area contributed by atoms with Gasteiger partial charge in [-0.25, -0.2) is 4.98 Å². The molecule has 2 heteroatoms. The summed E-state index contributed by atoms with van der Waals surface area (Å²) < 4.78 is 0. The molecule has 1 saturated carbocycles. The fraction of sp³-hybridized carbons (Fsp3) is 0.500. The van der Waals surface area contributed by atoms with Crippen molar-refractivity contribution in [3.05, 3.63) is 36.5 Å². The van der Waals surface area contributed by atoms with Crippen molar-refractivity contribution in [3.63, 3.8) is 0 Å². The van der Waals surface area contributed by atoms with E-state index in [0.29, 0.717) is 6.04 Å². The van der Waals surface area contributed by atoms with Gasteiger partial charge in [-0.1, -0.05) is 44.0 Å². The van der Waals surface area contributed by atoms with E-state index in [1.807, 2.05) is 6.20 Å². The molecule has 1 aromatic heterocycles. The number of rotatable bonds is 4. The molecule has 0 unspecified atom stereocenters. The van der Waals surface area contributed by atoms with Crippen LogP contribution in [0.1, 0.15) is 45.4 Å². The molecular weight excluding hydrogens is 244 g/mol. The molecule has 1 aromatic carbocycles. The highest BCUT2D eigenvalue weighted by Gasteiger charge is 2.21. The molecule has 3 rings (SSSR count). The standard InChI is InChI=1S/C18H24N2/c1-2-5-14-8-10-16(11-9-14)20-18-17-7-4-3-6-15(17)12-13-19-18/h3-4,6-7,12-14,16H,2,5,8-11H2,1H3,(H,19,20). The second-order valence-electron chi connectivity index (χ2n) is 6.03. The highest BCUT2D eigenvalue weighted by Crippen LogP contribution is 2.30. The van der Waals surface area contributed by atoms with E-state index in [9.17, 15) is 0 Å². The van der Waals surface area contributed by atoms with Gasteiger partial charge in [-0.2, -0.15) is 0 Å². The van der Waals surface area contributed by atoms with Crippen LogP contribution < -0.4 is 5.32 Å². The van der Waals surface area contributed by atoms with Gasteiger partial charge in [0.05, 0.1) is 0 Å². The van der Waals surface area contributed by atoms with E-state index >= 15 is 0 Å². The highest BCUT2D eigenvalue weighted by molar-refractivity contribution is 5.91. The largest absolute Gasteiger partial charge is 0.367 e. The summed E-state index contributed by atoms with van der Waals surface area (Å²) in [6.07, 6.45) is 9.96. The average Bonchev–Trinajstić information content (AvgIpc) is 2.50. The number of anilines is 1. The van der Waals surface area contributed by atoms with Crippen LogP contribution in [-0.4, -0.2) is 11.0 Å². The van der Waals surface area contributed by atoms with Gasteiger partial charge in [0.15, 0.2) is 0 Å². The van der Waals surface area contributed by atoms with Crippen LogP contribution in [0.4, 0.5) is 5.82 Å². The van der Waals surface area contributed by atoms with Crippen molar-refractivity contribution in [2.45, 2.75) is 51.5 Å².